The van der Waals surface area contributed by atoms with E-state index >= 15 is 0 Å². The summed E-state index contributed by atoms with van der Waals surface area (Å²) in [5, 5.41) is 3.20. The summed E-state index contributed by atoms with van der Waals surface area (Å²) in [6, 6.07) is 12.0. The molecule has 1 aromatic carbocycles. The van der Waals surface area contributed by atoms with Crippen LogP contribution < -0.4 is 10.1 Å². The Morgan fingerprint density at radius 1 is 1.21 bits per heavy atom. The Kier molecular flexibility index (Phi) is 8.17. The largest absolute Gasteiger partial charge is 0.491 e. The maximum absolute atomic E-state index is 13.7. The smallest absolute Gasteiger partial charge is 0.338 e. The van der Waals surface area contributed by atoms with Crippen molar-refractivity contribution in [2.75, 3.05) is 6.61 Å². The minimum absolute atomic E-state index is 0.110. The molecular formula is C26H29N3O4S. The highest BCUT2D eigenvalue weighted by molar-refractivity contribution is 7.80. The number of rotatable bonds is 7. The number of amides is 1. The molecule has 0 saturated carbocycles. The molecule has 0 radical (unpaired) electrons. The van der Waals surface area contributed by atoms with Crippen LogP contribution in [0.3, 0.4) is 0 Å². The van der Waals surface area contributed by atoms with Crippen molar-refractivity contribution in [3.05, 3.63) is 76.8 Å². The average Bonchev–Trinajstić information content (AvgIpc) is 2.79. The van der Waals surface area contributed by atoms with Crippen LogP contribution in [0.5, 0.6) is 5.75 Å². The lowest BCUT2D eigenvalue weighted by Crippen LogP contribution is -2.51. The molecule has 1 aliphatic rings. The lowest BCUT2D eigenvalue weighted by molar-refractivity contribution is -0.139. The second-order valence-corrected chi connectivity index (χ2v) is 8.44. The predicted molar refractivity (Wildman–Crippen MR) is 135 cm³/mol. The number of carbonyl (C=O) groups excluding carboxylic acids is 2. The molecule has 2 heterocycles. The Bertz CT molecular complexity index is 1140. The quantitative estimate of drug-likeness (QED) is 0.354. The monoisotopic (exact) mass is 479 g/mol. The van der Waals surface area contributed by atoms with Crippen molar-refractivity contribution in [3.8, 4) is 5.75 Å². The summed E-state index contributed by atoms with van der Waals surface area (Å²) in [5.74, 6) is -0.323. The van der Waals surface area contributed by atoms with Gasteiger partial charge in [0.2, 0.25) is 0 Å². The van der Waals surface area contributed by atoms with E-state index in [1.165, 1.54) is 4.90 Å². The van der Waals surface area contributed by atoms with Gasteiger partial charge in [-0.25, -0.2) is 4.79 Å². The number of benzene rings is 1. The van der Waals surface area contributed by atoms with Crippen molar-refractivity contribution in [3.63, 3.8) is 0 Å². The predicted octanol–water partition coefficient (Wildman–Crippen LogP) is 4.57. The number of aromatic nitrogens is 1. The minimum atomic E-state index is -0.831. The fraction of sp³-hybridized carbons (Fsp3) is 0.308. The highest BCUT2D eigenvalue weighted by Gasteiger charge is 2.41. The molecule has 7 nitrogen and oxygen atoms in total. The van der Waals surface area contributed by atoms with Crippen LogP contribution in [0.2, 0.25) is 0 Å². The molecule has 2 aromatic rings. The maximum Gasteiger partial charge on any atom is 0.338 e. The number of carbonyl (C=O) groups is 2. The summed E-state index contributed by atoms with van der Waals surface area (Å²) in [7, 11) is 0. The molecule has 1 unspecified atom stereocenters. The summed E-state index contributed by atoms with van der Waals surface area (Å²) >= 11 is 5.60. The van der Waals surface area contributed by atoms with E-state index in [0.717, 1.165) is 0 Å². The van der Waals surface area contributed by atoms with E-state index in [9.17, 15) is 9.59 Å². The van der Waals surface area contributed by atoms with Crippen LogP contribution in [0.1, 0.15) is 51.9 Å². The van der Waals surface area contributed by atoms with E-state index in [0.29, 0.717) is 33.9 Å². The number of hydrogen-bond donors (Lipinski definition) is 1. The van der Waals surface area contributed by atoms with Crippen molar-refractivity contribution >= 4 is 35.3 Å². The highest BCUT2D eigenvalue weighted by Crippen LogP contribution is 2.40. The van der Waals surface area contributed by atoms with E-state index in [1.54, 1.807) is 45.2 Å². The normalized spacial score (nSPS) is 16.4. The van der Waals surface area contributed by atoms with E-state index < -0.39 is 12.0 Å². The van der Waals surface area contributed by atoms with E-state index in [1.807, 2.05) is 44.2 Å². The van der Waals surface area contributed by atoms with Crippen LogP contribution in [0, 0.1) is 0 Å². The number of para-hydroxylation sites is 1. The molecule has 1 aromatic heterocycles. The highest BCUT2D eigenvalue weighted by atomic mass is 32.1. The van der Waals surface area contributed by atoms with Crippen LogP contribution >= 0.6 is 12.2 Å². The maximum atomic E-state index is 13.7. The summed E-state index contributed by atoms with van der Waals surface area (Å²) < 4.78 is 11.4. The standard InChI is InChI=1S/C26H29N3O4S/c1-6-32-25(31)22-18(5)28-26(34)29(24(30)17(4)15-19-11-9-10-14-27-19)23(22)20-12-7-8-13-21(20)33-16(2)3/h7-16,23H,6H2,1-5H3,(H,28,34)/b17-15+. The number of pyridine rings is 1. The minimum Gasteiger partial charge on any atom is -0.491 e. The molecule has 1 aliphatic heterocycles. The second kappa shape index (κ2) is 11.1. The third-order valence-corrected chi connectivity index (χ3v) is 5.43. The Labute approximate surface area is 205 Å². The van der Waals surface area contributed by atoms with Gasteiger partial charge in [0.25, 0.3) is 5.91 Å². The van der Waals surface area contributed by atoms with E-state index in [2.05, 4.69) is 10.3 Å². The topological polar surface area (TPSA) is 80.8 Å². The first-order valence-electron chi connectivity index (χ1n) is 11.1. The zero-order valence-electron chi connectivity index (χ0n) is 20.0. The first-order chi connectivity index (χ1) is 16.2. The summed E-state index contributed by atoms with van der Waals surface area (Å²) in [6.07, 6.45) is 3.23. The number of nitrogens with zero attached hydrogens (tertiary/aromatic N) is 2. The Balaban J connectivity index is 2.17. The number of esters is 1. The van der Waals surface area contributed by atoms with Gasteiger partial charge in [-0.15, -0.1) is 0 Å². The molecule has 8 heteroatoms. The van der Waals surface area contributed by atoms with Gasteiger partial charge < -0.3 is 14.8 Å². The van der Waals surface area contributed by atoms with Crippen molar-refractivity contribution in [2.24, 2.45) is 0 Å². The van der Waals surface area contributed by atoms with Gasteiger partial charge in [-0.1, -0.05) is 24.3 Å². The molecule has 0 fully saturated rings. The SMILES string of the molecule is CCOC(=O)C1=C(C)NC(=S)N(C(=O)/C(C)=C/c2ccccn2)C1c1ccccc1OC(C)C. The molecule has 0 spiro atoms. The zero-order valence-corrected chi connectivity index (χ0v) is 20.8. The van der Waals surface area contributed by atoms with Crippen LogP contribution in [0.25, 0.3) is 6.08 Å². The summed E-state index contributed by atoms with van der Waals surface area (Å²) in [6.45, 7) is 9.21. The van der Waals surface area contributed by atoms with E-state index in [4.69, 9.17) is 21.7 Å². The Hall–Kier alpha value is -3.52. The third kappa shape index (κ3) is 5.51. The number of nitrogens with one attached hydrogen (secondary N) is 1. The van der Waals surface area contributed by atoms with Gasteiger partial charge in [-0.3, -0.25) is 14.7 Å². The first-order valence-corrected chi connectivity index (χ1v) is 11.5. The third-order valence-electron chi connectivity index (χ3n) is 5.13. The molecule has 34 heavy (non-hydrogen) atoms. The fourth-order valence-electron chi connectivity index (χ4n) is 3.72. The molecule has 0 bridgehead atoms. The van der Waals surface area contributed by atoms with Crippen LogP contribution in [-0.2, 0) is 14.3 Å². The number of allylic oxidation sites excluding steroid dienone is 1. The average molecular weight is 480 g/mol. The molecule has 1 N–H and O–H groups in total. The summed E-state index contributed by atoms with van der Waals surface area (Å²) in [5.41, 5.74) is 2.53. The van der Waals surface area contributed by atoms with Gasteiger partial charge in [-0.05, 0) is 71.1 Å². The fourth-order valence-corrected chi connectivity index (χ4v) is 4.06. The zero-order chi connectivity index (χ0) is 24.8. The molecule has 1 amide bonds. The lowest BCUT2D eigenvalue weighted by atomic mass is 9.92. The van der Waals surface area contributed by atoms with Gasteiger partial charge >= 0.3 is 5.97 Å². The van der Waals surface area contributed by atoms with Gasteiger partial charge in [0.1, 0.15) is 11.8 Å². The molecule has 1 atom stereocenters. The molecular weight excluding hydrogens is 450 g/mol. The Morgan fingerprint density at radius 2 is 1.91 bits per heavy atom. The van der Waals surface area contributed by atoms with Gasteiger partial charge in [0.05, 0.1) is 24.0 Å². The van der Waals surface area contributed by atoms with Gasteiger partial charge in [0.15, 0.2) is 5.11 Å². The number of thiocarbonyl (C=S) groups is 1. The molecule has 178 valence electrons. The van der Waals surface area contributed by atoms with Gasteiger partial charge in [0, 0.05) is 23.0 Å². The van der Waals surface area contributed by atoms with Crippen molar-refractivity contribution in [1.29, 1.82) is 0 Å². The Morgan fingerprint density at radius 3 is 2.56 bits per heavy atom. The number of hydrogen-bond acceptors (Lipinski definition) is 6. The van der Waals surface area contributed by atoms with Crippen molar-refractivity contribution in [1.82, 2.24) is 15.2 Å². The van der Waals surface area contributed by atoms with Crippen LogP contribution in [0.4, 0.5) is 0 Å². The van der Waals surface area contributed by atoms with E-state index in [-0.39, 0.29) is 23.7 Å². The summed E-state index contributed by atoms with van der Waals surface area (Å²) in [4.78, 5) is 32.5. The van der Waals surface area contributed by atoms with Gasteiger partial charge in [-0.2, -0.15) is 0 Å². The first kappa shape index (κ1) is 25.1. The van der Waals surface area contributed by atoms with Crippen LogP contribution in [-0.4, -0.2) is 39.6 Å². The number of ether oxygens (including phenoxy) is 2. The molecule has 3 rings (SSSR count). The lowest BCUT2D eigenvalue weighted by Gasteiger charge is -2.39. The molecule has 0 saturated heterocycles. The van der Waals surface area contributed by atoms with Crippen molar-refractivity contribution < 1.29 is 19.1 Å². The second-order valence-electron chi connectivity index (χ2n) is 8.05. The molecule has 0 aliphatic carbocycles. The van der Waals surface area contributed by atoms with Crippen molar-refractivity contribution in [2.45, 2.75) is 46.8 Å². The van der Waals surface area contributed by atoms with Crippen LogP contribution in [0.15, 0.2) is 65.5 Å².